The third kappa shape index (κ3) is 5.04. The van der Waals surface area contributed by atoms with Crippen LogP contribution in [-0.2, 0) is 14.3 Å². The summed E-state index contributed by atoms with van der Waals surface area (Å²) in [7, 11) is 0. The molecular weight excluding hydrogens is 426 g/mol. The van der Waals surface area contributed by atoms with Crippen LogP contribution in [0.2, 0.25) is 0 Å². The smallest absolute Gasteiger partial charge is 0.312 e. The van der Waals surface area contributed by atoms with Crippen molar-refractivity contribution in [3.05, 3.63) is 36.0 Å². The topological polar surface area (TPSA) is 123 Å². The van der Waals surface area contributed by atoms with Crippen LogP contribution in [0.4, 0.5) is 0 Å². The number of carbonyl (C=O) groups is 3. The number of likely N-dealkylation sites (tertiary alicyclic amines) is 2. The van der Waals surface area contributed by atoms with Gasteiger partial charge in [0.1, 0.15) is 6.10 Å². The first-order valence-electron chi connectivity index (χ1n) is 11.5. The zero-order valence-corrected chi connectivity index (χ0v) is 18.6. The zero-order chi connectivity index (χ0) is 23.4. The Balaban J connectivity index is 0.000000821. The minimum absolute atomic E-state index is 0.0303. The van der Waals surface area contributed by atoms with Crippen molar-refractivity contribution in [3.8, 4) is 0 Å². The molecule has 3 N–H and O–H groups in total. The Hall–Kier alpha value is -2.91. The third-order valence-electron chi connectivity index (χ3n) is 7.15. The molecule has 0 aliphatic carbocycles. The highest BCUT2D eigenvalue weighted by Gasteiger charge is 2.51. The number of fused-ring (bicyclic) bond motifs is 1. The Kier molecular flexibility index (Phi) is 6.99. The van der Waals surface area contributed by atoms with Gasteiger partial charge in [-0.2, -0.15) is 0 Å². The van der Waals surface area contributed by atoms with Gasteiger partial charge in [0.05, 0.1) is 11.5 Å². The number of hydrogen-bond acceptors (Lipinski definition) is 6. The molecule has 1 unspecified atom stereocenters. The van der Waals surface area contributed by atoms with E-state index < -0.39 is 5.41 Å². The Morgan fingerprint density at radius 2 is 1.88 bits per heavy atom. The van der Waals surface area contributed by atoms with Crippen LogP contribution in [0.1, 0.15) is 42.5 Å². The molecule has 33 heavy (non-hydrogen) atoms. The van der Waals surface area contributed by atoms with Gasteiger partial charge in [-0.25, -0.2) is 0 Å². The summed E-state index contributed by atoms with van der Waals surface area (Å²) in [5, 5.41) is 17.6. The van der Waals surface area contributed by atoms with Crippen molar-refractivity contribution >= 4 is 29.3 Å². The molecule has 0 saturated carbocycles. The number of hydrogen-bond donors (Lipinski definition) is 3. The Morgan fingerprint density at radius 3 is 2.58 bits per heavy atom. The van der Waals surface area contributed by atoms with Gasteiger partial charge >= 0.3 is 5.97 Å². The van der Waals surface area contributed by atoms with Crippen LogP contribution >= 0.6 is 0 Å². The molecule has 1 aromatic heterocycles. The van der Waals surface area contributed by atoms with Gasteiger partial charge in [0, 0.05) is 61.8 Å². The van der Waals surface area contributed by atoms with Crippen LogP contribution in [0.3, 0.4) is 0 Å². The van der Waals surface area contributed by atoms with Crippen LogP contribution in [-0.4, -0.2) is 88.3 Å². The molecule has 4 heterocycles. The molecule has 9 nitrogen and oxygen atoms in total. The summed E-state index contributed by atoms with van der Waals surface area (Å²) in [6.45, 7) is 3.38. The van der Waals surface area contributed by atoms with Crippen molar-refractivity contribution in [2.45, 2.75) is 44.3 Å². The van der Waals surface area contributed by atoms with E-state index in [0.717, 1.165) is 49.8 Å². The summed E-state index contributed by atoms with van der Waals surface area (Å²) in [6.07, 6.45) is 5.25. The maximum atomic E-state index is 13.0. The summed E-state index contributed by atoms with van der Waals surface area (Å²) >= 11 is 0. The molecule has 1 spiro atoms. The molecule has 5 rings (SSSR count). The number of amides is 1. The van der Waals surface area contributed by atoms with Gasteiger partial charge < -0.3 is 24.8 Å². The Labute approximate surface area is 192 Å². The number of carbonyl (C=O) groups excluding carboxylic acids is 2. The van der Waals surface area contributed by atoms with E-state index in [4.69, 9.17) is 14.6 Å². The molecule has 1 amide bonds. The predicted molar refractivity (Wildman–Crippen MR) is 121 cm³/mol. The van der Waals surface area contributed by atoms with Crippen LogP contribution in [0.25, 0.3) is 10.9 Å². The number of aromatic nitrogens is 1. The van der Waals surface area contributed by atoms with Gasteiger partial charge in [0.2, 0.25) is 0 Å². The highest BCUT2D eigenvalue weighted by atomic mass is 16.6. The van der Waals surface area contributed by atoms with Gasteiger partial charge in [0.15, 0.2) is 0 Å². The number of aromatic amines is 1. The van der Waals surface area contributed by atoms with Crippen molar-refractivity contribution in [1.82, 2.24) is 14.8 Å². The van der Waals surface area contributed by atoms with E-state index in [9.17, 15) is 14.7 Å². The average Bonchev–Trinajstić information content (AvgIpc) is 3.40. The van der Waals surface area contributed by atoms with Gasteiger partial charge in [-0.3, -0.25) is 19.3 Å². The number of carboxylic acid groups (broad SMARTS) is 1. The first-order valence-corrected chi connectivity index (χ1v) is 11.5. The summed E-state index contributed by atoms with van der Waals surface area (Å²) in [5.74, 6) is -0.0619. The summed E-state index contributed by atoms with van der Waals surface area (Å²) in [6, 6.07) is 7.69. The number of esters is 1. The third-order valence-corrected chi connectivity index (χ3v) is 7.15. The lowest BCUT2D eigenvalue weighted by atomic mass is 9.76. The number of ether oxygens (including phenoxy) is 1. The standard InChI is InChI=1S/C23H29N3O4.CH2O2/c27-18-4-9-25(10-5-18)15-19-14-23(22(29)30-19)6-11-26(12-7-23)21(28)17-1-2-20-16(13-17)3-8-24-20;2-1-3/h1-3,8,13,18-19,24,27H,4-7,9-12,14-15H2;1H,(H,2,3). The molecule has 0 bridgehead atoms. The van der Waals surface area contributed by atoms with Crippen LogP contribution in [0.15, 0.2) is 30.5 Å². The number of aliphatic hydroxyl groups excluding tert-OH is 1. The Morgan fingerprint density at radius 1 is 1.18 bits per heavy atom. The van der Waals surface area contributed by atoms with E-state index >= 15 is 0 Å². The lowest BCUT2D eigenvalue weighted by Gasteiger charge is -2.36. The average molecular weight is 458 g/mol. The maximum Gasteiger partial charge on any atom is 0.312 e. The molecule has 3 aliphatic rings. The number of cyclic esters (lactones) is 1. The second-order valence-electron chi connectivity index (χ2n) is 9.22. The fraction of sp³-hybridized carbons (Fsp3) is 0.542. The Bertz CT molecular complexity index is 989. The number of benzene rings is 1. The van der Waals surface area contributed by atoms with Crippen molar-refractivity contribution in [3.63, 3.8) is 0 Å². The molecule has 1 aromatic carbocycles. The molecular formula is C24H31N3O6. The van der Waals surface area contributed by atoms with Crippen LogP contribution in [0.5, 0.6) is 0 Å². The van der Waals surface area contributed by atoms with E-state index in [-0.39, 0.29) is 30.6 Å². The predicted octanol–water partition coefficient (Wildman–Crippen LogP) is 1.86. The molecule has 2 aromatic rings. The molecule has 3 fully saturated rings. The first-order chi connectivity index (χ1) is 15.9. The van der Waals surface area contributed by atoms with Crippen LogP contribution < -0.4 is 0 Å². The largest absolute Gasteiger partial charge is 0.483 e. The van der Waals surface area contributed by atoms with Gasteiger partial charge in [-0.05, 0) is 49.9 Å². The van der Waals surface area contributed by atoms with Crippen LogP contribution in [0, 0.1) is 5.41 Å². The zero-order valence-electron chi connectivity index (χ0n) is 18.6. The lowest BCUT2D eigenvalue weighted by molar-refractivity contribution is -0.151. The highest BCUT2D eigenvalue weighted by molar-refractivity contribution is 5.98. The van der Waals surface area contributed by atoms with E-state index in [2.05, 4.69) is 9.88 Å². The van der Waals surface area contributed by atoms with Crippen molar-refractivity contribution < 1.29 is 29.3 Å². The number of aliphatic hydroxyl groups is 1. The normalized spacial score (nSPS) is 23.2. The van der Waals surface area contributed by atoms with E-state index in [1.807, 2.05) is 35.4 Å². The number of nitrogens with zero attached hydrogens (tertiary/aromatic N) is 2. The molecule has 9 heteroatoms. The maximum absolute atomic E-state index is 13.0. The molecule has 3 aliphatic heterocycles. The van der Waals surface area contributed by atoms with Crippen molar-refractivity contribution in [1.29, 1.82) is 0 Å². The first kappa shape index (κ1) is 23.3. The summed E-state index contributed by atoms with van der Waals surface area (Å²) in [4.78, 5) is 41.4. The molecule has 3 saturated heterocycles. The van der Waals surface area contributed by atoms with Crippen molar-refractivity contribution in [2.24, 2.45) is 5.41 Å². The second-order valence-corrected chi connectivity index (χ2v) is 9.22. The van der Waals surface area contributed by atoms with E-state index in [1.165, 1.54) is 0 Å². The number of piperidine rings is 2. The van der Waals surface area contributed by atoms with Gasteiger partial charge in [0.25, 0.3) is 12.4 Å². The van der Waals surface area contributed by atoms with Crippen molar-refractivity contribution in [2.75, 3.05) is 32.7 Å². The second kappa shape index (κ2) is 9.93. The number of rotatable bonds is 3. The van der Waals surface area contributed by atoms with E-state index in [1.54, 1.807) is 0 Å². The minimum Gasteiger partial charge on any atom is -0.483 e. The highest BCUT2D eigenvalue weighted by Crippen LogP contribution is 2.43. The summed E-state index contributed by atoms with van der Waals surface area (Å²) < 4.78 is 5.75. The molecule has 0 radical (unpaired) electrons. The fourth-order valence-corrected chi connectivity index (χ4v) is 5.24. The molecule has 178 valence electrons. The monoisotopic (exact) mass is 457 g/mol. The quantitative estimate of drug-likeness (QED) is 0.475. The fourth-order valence-electron chi connectivity index (χ4n) is 5.24. The van der Waals surface area contributed by atoms with Gasteiger partial charge in [-0.15, -0.1) is 0 Å². The minimum atomic E-state index is -0.443. The lowest BCUT2D eigenvalue weighted by Crippen LogP contribution is -2.45. The number of H-pyrrole nitrogens is 1. The SMILES string of the molecule is O=C(c1ccc2[nH]ccc2c1)N1CCC2(CC1)CC(CN1CCC(O)CC1)OC2=O.O=CO. The number of nitrogens with one attached hydrogen (secondary N) is 1. The molecule has 1 atom stereocenters. The van der Waals surface area contributed by atoms with E-state index in [0.29, 0.717) is 31.5 Å². The van der Waals surface area contributed by atoms with Gasteiger partial charge in [-0.1, -0.05) is 0 Å². The summed E-state index contributed by atoms with van der Waals surface area (Å²) in [5.41, 5.74) is 1.27.